The number of hydrazine groups is 1. The first-order valence-electron chi connectivity index (χ1n) is 24.0. The Bertz CT molecular complexity index is 2320. The van der Waals surface area contributed by atoms with Gasteiger partial charge in [0.2, 0.25) is 23.6 Å². The Kier molecular flexibility index (Phi) is 22.0. The van der Waals surface area contributed by atoms with E-state index in [2.05, 4.69) is 59.9 Å². The maximum absolute atomic E-state index is 13.5. The molecular weight excluding hydrogens is 897 g/mol. The SMILES string of the molecule is [CH2]c1ccc(NC(=O)[C@H](CCCNC(N)=O)NC(=O)[C@@H](NC(=O)c2ccc(NC(=O)CCOCCOCCNC3CCN(C(=O)CCn4c(CN(C)NC)cc5cccnc54)CC3)cc2)C(C)C)cc1. The molecule has 0 spiro atoms. The van der Waals surface area contributed by atoms with Gasteiger partial charge in [0, 0.05) is 86.4 Å². The summed E-state index contributed by atoms with van der Waals surface area (Å²) < 4.78 is 13.5. The van der Waals surface area contributed by atoms with Crippen LogP contribution in [0.1, 0.15) is 74.0 Å². The number of amides is 7. The zero-order valence-electron chi connectivity index (χ0n) is 40.9. The van der Waals surface area contributed by atoms with Gasteiger partial charge in [-0.2, -0.15) is 0 Å². The Balaban J connectivity index is 0.932. The number of nitrogens with zero attached hydrogens (tertiary/aromatic N) is 4. The molecule has 1 saturated heterocycles. The first kappa shape index (κ1) is 54.5. The van der Waals surface area contributed by atoms with E-state index in [0.717, 1.165) is 35.1 Å². The van der Waals surface area contributed by atoms with Crippen LogP contribution in [0, 0.1) is 12.8 Å². The lowest BCUT2D eigenvalue weighted by atomic mass is 10.0. The van der Waals surface area contributed by atoms with Crippen LogP contribution >= 0.6 is 0 Å². The molecule has 5 rings (SSSR count). The third kappa shape index (κ3) is 17.8. The molecule has 0 aliphatic carbocycles. The average molecular weight is 968 g/mol. The highest BCUT2D eigenvalue weighted by atomic mass is 16.5. The summed E-state index contributed by atoms with van der Waals surface area (Å²) in [5.74, 6) is -1.97. The Labute approximate surface area is 410 Å². The summed E-state index contributed by atoms with van der Waals surface area (Å²) >= 11 is 0. The second-order valence-corrected chi connectivity index (χ2v) is 17.6. The highest BCUT2D eigenvalue weighted by Crippen LogP contribution is 2.21. The highest BCUT2D eigenvalue weighted by molar-refractivity contribution is 6.01. The van der Waals surface area contributed by atoms with Crippen LogP contribution in [0.3, 0.4) is 0 Å². The zero-order valence-corrected chi connectivity index (χ0v) is 40.9. The minimum atomic E-state index is -0.982. The van der Waals surface area contributed by atoms with Crippen LogP contribution in [0.25, 0.3) is 11.0 Å². The van der Waals surface area contributed by atoms with Crippen molar-refractivity contribution < 1.29 is 38.2 Å². The van der Waals surface area contributed by atoms with E-state index in [0.29, 0.717) is 82.8 Å². The summed E-state index contributed by atoms with van der Waals surface area (Å²) in [5.41, 5.74) is 12.3. The molecule has 20 nitrogen and oxygen atoms in total. The van der Waals surface area contributed by atoms with Gasteiger partial charge in [-0.25, -0.2) is 14.8 Å². The van der Waals surface area contributed by atoms with Gasteiger partial charge < -0.3 is 56.6 Å². The number of ether oxygens (including phenoxy) is 2. The van der Waals surface area contributed by atoms with Crippen LogP contribution in [0.4, 0.5) is 16.2 Å². The number of pyridine rings is 1. The van der Waals surface area contributed by atoms with E-state index in [1.165, 1.54) is 0 Å². The van der Waals surface area contributed by atoms with Crippen molar-refractivity contribution in [1.82, 2.24) is 46.2 Å². The largest absolute Gasteiger partial charge is 0.379 e. The van der Waals surface area contributed by atoms with Crippen molar-refractivity contribution in [2.45, 2.75) is 83.6 Å². The third-order valence-electron chi connectivity index (χ3n) is 11.9. The number of urea groups is 1. The second kappa shape index (κ2) is 28.3. The lowest BCUT2D eigenvalue weighted by Crippen LogP contribution is -2.54. The normalized spacial score (nSPS) is 13.8. The van der Waals surface area contributed by atoms with Gasteiger partial charge in [-0.05, 0) is 106 Å². The Hall–Kier alpha value is -6.45. The number of likely N-dealkylation sites (tertiary alicyclic amines) is 1. The van der Waals surface area contributed by atoms with Crippen LogP contribution in [0.2, 0.25) is 0 Å². The smallest absolute Gasteiger partial charge is 0.312 e. The molecule has 3 heterocycles. The number of hydrogen-bond donors (Lipinski definition) is 8. The van der Waals surface area contributed by atoms with E-state index in [9.17, 15) is 28.8 Å². The molecule has 2 aromatic heterocycles. The maximum Gasteiger partial charge on any atom is 0.312 e. The van der Waals surface area contributed by atoms with Crippen molar-refractivity contribution in [2.75, 3.05) is 77.3 Å². The topological polar surface area (TPSA) is 255 Å². The summed E-state index contributed by atoms with van der Waals surface area (Å²) in [5, 5.41) is 20.2. The molecule has 1 aliphatic rings. The van der Waals surface area contributed by atoms with Gasteiger partial charge in [-0.15, -0.1) is 0 Å². The molecule has 1 fully saturated rings. The van der Waals surface area contributed by atoms with Gasteiger partial charge in [0.25, 0.3) is 5.91 Å². The number of carbonyl (C=O) groups is 6. The van der Waals surface area contributed by atoms with Crippen LogP contribution in [-0.4, -0.2) is 140 Å². The fourth-order valence-electron chi connectivity index (χ4n) is 7.92. The van der Waals surface area contributed by atoms with E-state index in [1.54, 1.807) is 68.6 Å². The summed E-state index contributed by atoms with van der Waals surface area (Å²) in [6.07, 6.45) is 4.62. The van der Waals surface area contributed by atoms with E-state index in [4.69, 9.17) is 15.2 Å². The first-order valence-corrected chi connectivity index (χ1v) is 24.0. The number of piperidine rings is 1. The van der Waals surface area contributed by atoms with Crippen LogP contribution < -0.4 is 43.1 Å². The standard InChI is InChI=1S/C50H71N12O8/c1-34(2)45(49(67)58-42(9-7-23-55-50(51)68)48(66)57-40-14-10-35(3)11-15-40)59-47(65)36-12-16-39(17-13-36)56-43(63)21-28-69-30-31-70-29-24-53-38-18-25-61(26-19-38)44(64)20-27-62-41(33-60(5)52-4)32-37-8-6-22-54-46(37)62/h6,8,10-17,22,32,34,38,42,45,52-53H,3,7,9,18-21,23-31,33H2,1-2,4-5H3,(H,56,63)(H,57,66)(H,58,67)(H,59,65)(H3,51,55,68)/t42-,45-/m0/s1. The first-order chi connectivity index (χ1) is 33.7. The summed E-state index contributed by atoms with van der Waals surface area (Å²) in [4.78, 5) is 83.6. The van der Waals surface area contributed by atoms with Gasteiger partial charge in [0.1, 0.15) is 17.7 Å². The molecular formula is C50H71N12O8. The van der Waals surface area contributed by atoms with Gasteiger partial charge in [-0.1, -0.05) is 26.0 Å². The molecule has 1 aliphatic heterocycles. The molecule has 0 saturated carbocycles. The number of nitrogens with two attached hydrogens (primary N) is 1. The molecule has 20 heteroatoms. The van der Waals surface area contributed by atoms with Crippen LogP contribution in [-0.2, 0) is 41.7 Å². The number of carbonyl (C=O) groups excluding carboxylic acids is 6. The predicted octanol–water partition coefficient (Wildman–Crippen LogP) is 3.14. The minimum absolute atomic E-state index is 0.120. The lowest BCUT2D eigenvalue weighted by Gasteiger charge is -2.32. The number of hydrogen-bond acceptors (Lipinski definition) is 12. The Morgan fingerprint density at radius 2 is 1.54 bits per heavy atom. The molecule has 2 atom stereocenters. The Morgan fingerprint density at radius 1 is 0.857 bits per heavy atom. The molecule has 4 aromatic rings. The van der Waals surface area contributed by atoms with Crippen molar-refractivity contribution in [2.24, 2.45) is 11.7 Å². The average Bonchev–Trinajstić information content (AvgIpc) is 3.69. The quantitative estimate of drug-likeness (QED) is 0.0302. The monoisotopic (exact) mass is 968 g/mol. The Morgan fingerprint density at radius 3 is 2.23 bits per heavy atom. The van der Waals surface area contributed by atoms with Crippen molar-refractivity contribution in [3.05, 3.63) is 96.7 Å². The van der Waals surface area contributed by atoms with Crippen molar-refractivity contribution in [3.8, 4) is 0 Å². The van der Waals surface area contributed by atoms with Crippen molar-refractivity contribution in [1.29, 1.82) is 0 Å². The number of benzene rings is 2. The van der Waals surface area contributed by atoms with E-state index < -0.39 is 35.8 Å². The molecule has 379 valence electrons. The third-order valence-corrected chi connectivity index (χ3v) is 11.9. The number of primary amides is 1. The van der Waals surface area contributed by atoms with Crippen LogP contribution in [0.15, 0.2) is 72.9 Å². The molecule has 2 aromatic carbocycles. The van der Waals surface area contributed by atoms with Crippen molar-refractivity contribution >= 4 is 58.0 Å². The van der Waals surface area contributed by atoms with Gasteiger partial charge in [0.15, 0.2) is 0 Å². The number of fused-ring (bicyclic) bond motifs is 1. The number of rotatable bonds is 28. The molecule has 1 radical (unpaired) electrons. The van der Waals surface area contributed by atoms with Crippen molar-refractivity contribution in [3.63, 3.8) is 0 Å². The van der Waals surface area contributed by atoms with E-state index >= 15 is 0 Å². The fraction of sp³-hybridized carbons (Fsp3) is 0.480. The number of anilines is 2. The van der Waals surface area contributed by atoms with E-state index in [1.807, 2.05) is 36.1 Å². The second-order valence-electron chi connectivity index (χ2n) is 17.6. The number of aromatic nitrogens is 2. The van der Waals surface area contributed by atoms with Crippen LogP contribution in [0.5, 0.6) is 0 Å². The molecule has 9 N–H and O–H groups in total. The maximum atomic E-state index is 13.5. The van der Waals surface area contributed by atoms with Gasteiger partial charge in [0.05, 0.1) is 39.4 Å². The molecule has 0 unspecified atom stereocenters. The van der Waals surface area contributed by atoms with E-state index in [-0.39, 0.29) is 49.3 Å². The summed E-state index contributed by atoms with van der Waals surface area (Å²) in [6.45, 7) is 12.4. The van der Waals surface area contributed by atoms with Gasteiger partial charge >= 0.3 is 6.03 Å². The predicted molar refractivity (Wildman–Crippen MR) is 268 cm³/mol. The highest BCUT2D eigenvalue weighted by Gasteiger charge is 2.29. The lowest BCUT2D eigenvalue weighted by molar-refractivity contribution is -0.132. The van der Waals surface area contributed by atoms with Gasteiger partial charge in [-0.3, -0.25) is 29.4 Å². The number of aryl methyl sites for hydroxylation is 1. The number of nitrogens with one attached hydrogen (secondary N) is 7. The fourth-order valence-corrected chi connectivity index (χ4v) is 7.92. The molecule has 70 heavy (non-hydrogen) atoms. The molecule has 7 amide bonds. The summed E-state index contributed by atoms with van der Waals surface area (Å²) in [7, 11) is 3.86. The minimum Gasteiger partial charge on any atom is -0.379 e. The molecule has 0 bridgehead atoms. The zero-order chi connectivity index (χ0) is 50.4. The summed E-state index contributed by atoms with van der Waals surface area (Å²) in [6, 6.07) is 16.9.